The summed E-state index contributed by atoms with van der Waals surface area (Å²) in [6.45, 7) is 0.960. The molecule has 1 aliphatic rings. The van der Waals surface area contributed by atoms with Crippen LogP contribution in [0.25, 0.3) is 10.4 Å². The van der Waals surface area contributed by atoms with E-state index < -0.39 is 30.4 Å². The first-order chi connectivity index (χ1) is 9.43. The number of aliphatic hydroxyl groups is 2. The molecule has 1 aromatic heterocycles. The van der Waals surface area contributed by atoms with E-state index in [1.165, 1.54) is 6.20 Å². The quantitative estimate of drug-likeness (QED) is 0.381. The predicted molar refractivity (Wildman–Crippen MR) is 67.4 cm³/mol. The van der Waals surface area contributed by atoms with E-state index in [1.54, 1.807) is 6.92 Å². The van der Waals surface area contributed by atoms with Gasteiger partial charge in [0.2, 0.25) is 0 Å². The van der Waals surface area contributed by atoms with E-state index in [0.717, 1.165) is 4.57 Å². The summed E-state index contributed by atoms with van der Waals surface area (Å²) in [5.41, 5.74) is 12.1. The number of ether oxygens (including phenoxy) is 1. The molecule has 0 amide bonds. The number of hydrogen-bond acceptors (Lipinski definition) is 7. The lowest BCUT2D eigenvalue weighted by atomic mass is 10.1. The van der Waals surface area contributed by atoms with Gasteiger partial charge in [-0.15, -0.1) is 0 Å². The Labute approximate surface area is 113 Å². The number of nitrogens with zero attached hydrogens (tertiary/aromatic N) is 5. The van der Waals surface area contributed by atoms with Crippen LogP contribution in [-0.4, -0.2) is 38.2 Å². The van der Waals surface area contributed by atoms with Gasteiger partial charge in [0.25, 0.3) is 0 Å². The molecule has 10 heteroatoms. The maximum absolute atomic E-state index is 11.8. The SMILES string of the molecule is Cc1cn([C@@H]2C[C@H](O)[C@](CO)(N=[N+]=[N-])O2)c(=O)nc1N. The largest absolute Gasteiger partial charge is 0.393 e. The number of hydrogen-bond donors (Lipinski definition) is 3. The second-order valence-electron chi connectivity index (χ2n) is 4.52. The molecule has 0 bridgehead atoms. The zero-order valence-corrected chi connectivity index (χ0v) is 10.7. The van der Waals surface area contributed by atoms with Crippen LogP contribution in [0.1, 0.15) is 18.2 Å². The van der Waals surface area contributed by atoms with Crippen molar-refractivity contribution in [2.24, 2.45) is 5.11 Å². The summed E-state index contributed by atoms with van der Waals surface area (Å²) >= 11 is 0. The Kier molecular flexibility index (Phi) is 3.64. The minimum atomic E-state index is -1.80. The maximum Gasteiger partial charge on any atom is 0.351 e. The van der Waals surface area contributed by atoms with Crippen molar-refractivity contribution in [3.63, 3.8) is 0 Å². The van der Waals surface area contributed by atoms with Gasteiger partial charge >= 0.3 is 5.69 Å². The lowest BCUT2D eigenvalue weighted by Gasteiger charge is -2.24. The van der Waals surface area contributed by atoms with Crippen molar-refractivity contribution in [1.82, 2.24) is 9.55 Å². The van der Waals surface area contributed by atoms with Crippen LogP contribution in [0.5, 0.6) is 0 Å². The Morgan fingerprint density at radius 2 is 2.50 bits per heavy atom. The van der Waals surface area contributed by atoms with Gasteiger partial charge in [0.15, 0.2) is 5.72 Å². The van der Waals surface area contributed by atoms with Gasteiger partial charge in [-0.25, -0.2) is 4.79 Å². The van der Waals surface area contributed by atoms with E-state index in [2.05, 4.69) is 15.0 Å². The number of nitrogens with two attached hydrogens (primary N) is 1. The first-order valence-corrected chi connectivity index (χ1v) is 5.82. The fourth-order valence-corrected chi connectivity index (χ4v) is 2.03. The summed E-state index contributed by atoms with van der Waals surface area (Å²) in [4.78, 5) is 18.0. The van der Waals surface area contributed by atoms with Crippen molar-refractivity contribution >= 4 is 5.82 Å². The zero-order valence-electron chi connectivity index (χ0n) is 10.7. The third-order valence-corrected chi connectivity index (χ3v) is 3.21. The Morgan fingerprint density at radius 1 is 1.80 bits per heavy atom. The molecule has 108 valence electrons. The topological polar surface area (TPSA) is 159 Å². The van der Waals surface area contributed by atoms with Gasteiger partial charge in [0, 0.05) is 23.1 Å². The van der Waals surface area contributed by atoms with E-state index in [9.17, 15) is 15.0 Å². The Bertz CT molecular complexity index is 625. The van der Waals surface area contributed by atoms with Crippen LogP contribution in [0.2, 0.25) is 0 Å². The highest BCUT2D eigenvalue weighted by Gasteiger charge is 2.48. The highest BCUT2D eigenvalue weighted by atomic mass is 16.6. The first-order valence-electron chi connectivity index (χ1n) is 5.82. The van der Waals surface area contributed by atoms with Crippen LogP contribution in [0.3, 0.4) is 0 Å². The van der Waals surface area contributed by atoms with E-state index in [1.807, 2.05) is 0 Å². The second-order valence-corrected chi connectivity index (χ2v) is 4.52. The Balaban J connectivity index is 2.40. The normalized spacial score (nSPS) is 29.1. The van der Waals surface area contributed by atoms with Gasteiger partial charge in [-0.05, 0) is 12.5 Å². The van der Waals surface area contributed by atoms with Gasteiger partial charge < -0.3 is 20.7 Å². The van der Waals surface area contributed by atoms with Crippen LogP contribution in [0.15, 0.2) is 16.1 Å². The summed E-state index contributed by atoms with van der Waals surface area (Å²) < 4.78 is 6.51. The van der Waals surface area contributed by atoms with Crippen molar-refractivity contribution in [2.75, 3.05) is 12.3 Å². The summed E-state index contributed by atoms with van der Waals surface area (Å²) in [6, 6.07) is 0. The number of azide groups is 1. The average molecular weight is 282 g/mol. The molecule has 0 radical (unpaired) electrons. The van der Waals surface area contributed by atoms with E-state index in [4.69, 9.17) is 16.0 Å². The molecular weight excluding hydrogens is 268 g/mol. The molecule has 1 fully saturated rings. The molecule has 1 saturated heterocycles. The number of aryl methyl sites for hydroxylation is 1. The Hall–Kier alpha value is -2.13. The van der Waals surface area contributed by atoms with Gasteiger partial charge in [0.05, 0.1) is 12.7 Å². The zero-order chi connectivity index (χ0) is 14.9. The van der Waals surface area contributed by atoms with Crippen LogP contribution >= 0.6 is 0 Å². The molecule has 0 saturated carbocycles. The standard InChI is InChI=1S/C10H14N6O4/c1-5-3-16(9(19)13-8(5)11)7-2-6(18)10(4-17,20-7)14-15-12/h3,6-7,17-18H,2,4H2,1H3,(H2,11,13,19)/t6-,7-,10+/m0/s1. The molecule has 2 rings (SSSR count). The van der Waals surface area contributed by atoms with Crippen LogP contribution < -0.4 is 11.4 Å². The number of nitrogen functional groups attached to an aromatic ring is 1. The molecule has 3 atom stereocenters. The molecule has 4 N–H and O–H groups in total. The number of anilines is 1. The molecule has 1 aliphatic heterocycles. The predicted octanol–water partition coefficient (Wildman–Crippen LogP) is -0.587. The number of rotatable bonds is 3. The fraction of sp³-hybridized carbons (Fsp3) is 0.600. The Morgan fingerprint density at radius 3 is 3.10 bits per heavy atom. The fourth-order valence-electron chi connectivity index (χ4n) is 2.03. The van der Waals surface area contributed by atoms with E-state index in [0.29, 0.717) is 5.56 Å². The van der Waals surface area contributed by atoms with E-state index in [-0.39, 0.29) is 12.2 Å². The summed E-state index contributed by atoms with van der Waals surface area (Å²) in [5.74, 6) is 0.105. The first kappa shape index (κ1) is 14.3. The third-order valence-electron chi connectivity index (χ3n) is 3.21. The smallest absolute Gasteiger partial charge is 0.351 e. The van der Waals surface area contributed by atoms with Crippen molar-refractivity contribution in [1.29, 1.82) is 0 Å². The molecule has 10 nitrogen and oxygen atoms in total. The van der Waals surface area contributed by atoms with Crippen molar-refractivity contribution in [2.45, 2.75) is 31.4 Å². The minimum absolute atomic E-state index is 0.0233. The second kappa shape index (κ2) is 5.10. The summed E-state index contributed by atoms with van der Waals surface area (Å²) in [7, 11) is 0. The minimum Gasteiger partial charge on any atom is -0.393 e. The highest BCUT2D eigenvalue weighted by Crippen LogP contribution is 2.37. The number of aliphatic hydroxyl groups excluding tert-OH is 2. The summed E-state index contributed by atoms with van der Waals surface area (Å²) in [6.07, 6.45) is -0.726. The molecule has 0 aromatic carbocycles. The van der Waals surface area contributed by atoms with Crippen molar-refractivity contribution in [3.8, 4) is 0 Å². The summed E-state index contributed by atoms with van der Waals surface area (Å²) in [5, 5.41) is 22.5. The van der Waals surface area contributed by atoms with Crippen molar-refractivity contribution in [3.05, 3.63) is 32.7 Å². The molecule has 20 heavy (non-hydrogen) atoms. The lowest BCUT2D eigenvalue weighted by molar-refractivity contribution is -0.124. The lowest BCUT2D eigenvalue weighted by Crippen LogP contribution is -2.40. The highest BCUT2D eigenvalue weighted by molar-refractivity contribution is 5.35. The van der Waals surface area contributed by atoms with Crippen LogP contribution in [-0.2, 0) is 4.74 Å². The third kappa shape index (κ3) is 2.21. The van der Waals surface area contributed by atoms with E-state index >= 15 is 0 Å². The van der Waals surface area contributed by atoms with Crippen LogP contribution in [0.4, 0.5) is 5.82 Å². The van der Waals surface area contributed by atoms with Gasteiger partial charge in [-0.1, -0.05) is 5.11 Å². The number of aromatic nitrogens is 2. The monoisotopic (exact) mass is 282 g/mol. The maximum atomic E-state index is 11.8. The molecule has 0 aliphatic carbocycles. The molecule has 0 unspecified atom stereocenters. The van der Waals surface area contributed by atoms with Gasteiger partial charge in [-0.2, -0.15) is 4.98 Å². The molecule has 1 aromatic rings. The van der Waals surface area contributed by atoms with Crippen LogP contribution in [0, 0.1) is 6.92 Å². The molecular formula is C10H14N6O4. The van der Waals surface area contributed by atoms with Crippen molar-refractivity contribution < 1.29 is 14.9 Å². The van der Waals surface area contributed by atoms with Gasteiger partial charge in [-0.3, -0.25) is 4.57 Å². The van der Waals surface area contributed by atoms with Gasteiger partial charge in [0.1, 0.15) is 12.0 Å². The molecule has 2 heterocycles. The average Bonchev–Trinajstić information content (AvgIpc) is 2.72. The molecule has 0 spiro atoms.